The number of rotatable bonds is 19. The molecule has 0 bridgehead atoms. The van der Waals surface area contributed by atoms with Crippen LogP contribution in [-0.2, 0) is 19.0 Å². The molecular formula is C28H47N3O11S2. The van der Waals surface area contributed by atoms with Crippen molar-refractivity contribution in [1.82, 2.24) is 5.32 Å². The summed E-state index contributed by atoms with van der Waals surface area (Å²) in [4.78, 5) is 11.8. The summed E-state index contributed by atoms with van der Waals surface area (Å²) < 4.78 is 17.0. The Morgan fingerprint density at radius 1 is 1.09 bits per heavy atom. The smallest absolute Gasteiger partial charge is 0.217 e. The summed E-state index contributed by atoms with van der Waals surface area (Å²) in [5.74, 6) is 0.650. The zero-order chi connectivity index (χ0) is 32.1. The van der Waals surface area contributed by atoms with Crippen molar-refractivity contribution in [2.75, 3.05) is 49.5 Å². The first-order chi connectivity index (χ1) is 21.1. The third-order valence-electron chi connectivity index (χ3n) is 7.39. The van der Waals surface area contributed by atoms with Crippen LogP contribution in [0.5, 0.6) is 0 Å². The van der Waals surface area contributed by atoms with Gasteiger partial charge in [0.1, 0.15) is 55.5 Å². The predicted molar refractivity (Wildman–Crippen MR) is 167 cm³/mol. The van der Waals surface area contributed by atoms with Gasteiger partial charge in [-0.25, -0.2) is 0 Å². The van der Waals surface area contributed by atoms with Gasteiger partial charge in [0, 0.05) is 42.5 Å². The average Bonchev–Trinajstić information content (AvgIpc) is 3.54. The maximum Gasteiger partial charge on any atom is 0.217 e. The topological polar surface area (TPSA) is 222 Å². The number of anilines is 2. The van der Waals surface area contributed by atoms with Crippen LogP contribution in [0.3, 0.4) is 0 Å². The standard InChI is InChI=1S/C28H47N3O11S2/c1-16(34)31-23-26(39)25(38)22(14-33)41-28(23)42-27(24(37)21(36)13-32)20(35)12-29-17-5-4-6-18(11-17)30-15-40-9-3-2-7-19-8-10-43-44-19/h4-6,11,19-30,32-33,35-39H,2-3,7-10,12-15H2,1H3,(H,31,34). The van der Waals surface area contributed by atoms with Crippen molar-refractivity contribution in [2.24, 2.45) is 0 Å². The average molecular weight is 666 g/mol. The first kappa shape index (κ1) is 37.1. The van der Waals surface area contributed by atoms with Crippen LogP contribution in [0.15, 0.2) is 24.3 Å². The molecule has 10 unspecified atom stereocenters. The number of aliphatic hydroxyl groups excluding tert-OH is 7. The van der Waals surface area contributed by atoms with E-state index in [4.69, 9.17) is 14.2 Å². The molecule has 44 heavy (non-hydrogen) atoms. The lowest BCUT2D eigenvalue weighted by Crippen LogP contribution is -2.66. The lowest BCUT2D eigenvalue weighted by atomic mass is 9.96. The molecule has 2 aliphatic rings. The first-order valence-electron chi connectivity index (χ1n) is 14.8. The van der Waals surface area contributed by atoms with Gasteiger partial charge in [0.25, 0.3) is 0 Å². The molecule has 3 rings (SSSR count). The van der Waals surface area contributed by atoms with Crippen molar-refractivity contribution < 1.29 is 54.8 Å². The number of unbranched alkanes of at least 4 members (excludes halogenated alkanes) is 1. The number of ether oxygens (including phenoxy) is 3. The summed E-state index contributed by atoms with van der Waals surface area (Å²) in [5, 5.41) is 81.0. The van der Waals surface area contributed by atoms with E-state index in [1.807, 2.05) is 27.7 Å². The van der Waals surface area contributed by atoms with E-state index in [1.165, 1.54) is 25.5 Å². The Morgan fingerprint density at radius 2 is 1.84 bits per heavy atom. The maximum atomic E-state index is 11.8. The molecule has 1 amide bonds. The van der Waals surface area contributed by atoms with E-state index in [9.17, 15) is 40.5 Å². The molecule has 16 heteroatoms. The molecule has 0 spiro atoms. The Kier molecular flexibility index (Phi) is 16.2. The fourth-order valence-corrected chi connectivity index (χ4v) is 7.92. The van der Waals surface area contributed by atoms with E-state index in [1.54, 1.807) is 18.2 Å². The number of carbonyl (C=O) groups excluding carboxylic acids is 1. The van der Waals surface area contributed by atoms with Gasteiger partial charge in [-0.3, -0.25) is 4.79 Å². The van der Waals surface area contributed by atoms with Crippen LogP contribution in [0.25, 0.3) is 0 Å². The fraction of sp³-hybridized carbons (Fsp3) is 0.750. The van der Waals surface area contributed by atoms with Crippen molar-refractivity contribution in [3.05, 3.63) is 24.3 Å². The van der Waals surface area contributed by atoms with Crippen molar-refractivity contribution in [3.63, 3.8) is 0 Å². The van der Waals surface area contributed by atoms with Gasteiger partial charge in [-0.15, -0.1) is 0 Å². The molecule has 2 fully saturated rings. The van der Waals surface area contributed by atoms with Gasteiger partial charge in [-0.1, -0.05) is 34.1 Å². The third kappa shape index (κ3) is 11.4. The monoisotopic (exact) mass is 665 g/mol. The largest absolute Gasteiger partial charge is 0.394 e. The Balaban J connectivity index is 1.55. The van der Waals surface area contributed by atoms with E-state index in [-0.39, 0.29) is 6.54 Å². The van der Waals surface area contributed by atoms with Crippen LogP contribution < -0.4 is 16.0 Å². The molecular weight excluding hydrogens is 618 g/mol. The van der Waals surface area contributed by atoms with E-state index in [2.05, 4.69) is 16.0 Å². The second kappa shape index (κ2) is 19.3. The number of carbonyl (C=O) groups is 1. The Bertz CT molecular complexity index is 981. The van der Waals surface area contributed by atoms with Gasteiger partial charge in [0.05, 0.1) is 13.2 Å². The van der Waals surface area contributed by atoms with Crippen LogP contribution in [0.4, 0.5) is 11.4 Å². The Morgan fingerprint density at radius 3 is 2.50 bits per heavy atom. The number of aliphatic hydroxyl groups is 7. The lowest BCUT2D eigenvalue weighted by Gasteiger charge is -2.44. The van der Waals surface area contributed by atoms with Crippen LogP contribution in [0.1, 0.15) is 32.6 Å². The molecule has 14 nitrogen and oxygen atoms in total. The molecule has 0 aromatic heterocycles. The number of amides is 1. The minimum atomic E-state index is -1.82. The summed E-state index contributed by atoms with van der Waals surface area (Å²) in [6.45, 7) is 0.415. The van der Waals surface area contributed by atoms with Gasteiger partial charge in [-0.2, -0.15) is 0 Å². The highest BCUT2D eigenvalue weighted by molar-refractivity contribution is 8.77. The summed E-state index contributed by atoms with van der Waals surface area (Å²) in [6, 6.07) is 5.85. The lowest BCUT2D eigenvalue weighted by molar-refractivity contribution is -0.300. The summed E-state index contributed by atoms with van der Waals surface area (Å²) >= 11 is 0. The van der Waals surface area contributed by atoms with E-state index >= 15 is 0 Å². The maximum absolute atomic E-state index is 11.8. The highest BCUT2D eigenvalue weighted by Gasteiger charge is 2.47. The highest BCUT2D eigenvalue weighted by Crippen LogP contribution is 2.39. The number of hydrogen-bond donors (Lipinski definition) is 10. The summed E-state index contributed by atoms with van der Waals surface area (Å²) in [5.41, 5.74) is 1.38. The van der Waals surface area contributed by atoms with E-state index in [0.29, 0.717) is 19.0 Å². The van der Waals surface area contributed by atoms with Crippen LogP contribution in [0.2, 0.25) is 0 Å². The molecule has 0 saturated carbocycles. The van der Waals surface area contributed by atoms with Gasteiger partial charge in [-0.05, 0) is 37.5 Å². The summed E-state index contributed by atoms with van der Waals surface area (Å²) in [7, 11) is 3.94. The van der Waals surface area contributed by atoms with Gasteiger partial charge in [0.15, 0.2) is 6.29 Å². The van der Waals surface area contributed by atoms with Gasteiger partial charge in [0.2, 0.25) is 5.91 Å². The molecule has 10 atom stereocenters. The van der Waals surface area contributed by atoms with Gasteiger partial charge < -0.3 is 65.9 Å². The van der Waals surface area contributed by atoms with Crippen LogP contribution in [-0.4, -0.2) is 141 Å². The van der Waals surface area contributed by atoms with E-state index < -0.39 is 74.2 Å². The molecule has 1 aromatic rings. The van der Waals surface area contributed by atoms with Crippen LogP contribution in [0, 0.1) is 0 Å². The number of benzene rings is 1. The molecule has 0 aliphatic carbocycles. The van der Waals surface area contributed by atoms with Crippen molar-refractivity contribution in [2.45, 2.75) is 92.9 Å². The summed E-state index contributed by atoms with van der Waals surface area (Å²) in [6.07, 6.45) is -8.06. The quantitative estimate of drug-likeness (QED) is 0.0497. The number of nitrogens with one attached hydrogen (secondary N) is 3. The minimum Gasteiger partial charge on any atom is -0.394 e. The molecule has 2 heterocycles. The van der Waals surface area contributed by atoms with Crippen LogP contribution >= 0.6 is 21.6 Å². The Labute approximate surface area is 265 Å². The second-order valence-electron chi connectivity index (χ2n) is 10.9. The minimum absolute atomic E-state index is 0.191. The highest BCUT2D eigenvalue weighted by atomic mass is 33.1. The normalized spacial score (nSPS) is 28.2. The zero-order valence-corrected chi connectivity index (χ0v) is 26.4. The molecule has 10 N–H and O–H groups in total. The first-order valence-corrected chi connectivity index (χ1v) is 17.2. The predicted octanol–water partition coefficient (Wildman–Crippen LogP) is -0.788. The number of hydrogen-bond acceptors (Lipinski definition) is 15. The molecule has 0 radical (unpaired) electrons. The van der Waals surface area contributed by atoms with Crippen molar-refractivity contribution >= 4 is 38.9 Å². The van der Waals surface area contributed by atoms with Crippen molar-refractivity contribution in [3.8, 4) is 0 Å². The van der Waals surface area contributed by atoms with Crippen molar-refractivity contribution in [1.29, 1.82) is 0 Å². The van der Waals surface area contributed by atoms with Gasteiger partial charge >= 0.3 is 0 Å². The molecule has 1 aromatic carbocycles. The van der Waals surface area contributed by atoms with E-state index in [0.717, 1.165) is 23.8 Å². The molecule has 2 saturated heterocycles. The Hall–Kier alpha value is -1.41. The molecule has 252 valence electrons. The third-order valence-corrected chi connectivity index (χ3v) is 10.4. The zero-order valence-electron chi connectivity index (χ0n) is 24.7. The second-order valence-corrected chi connectivity index (χ2v) is 13.6. The SMILES string of the molecule is CC(=O)NC1C(OC(C(O)CNc2cccc(NCOCCCCC3CCSS3)c2)C(O)C(O)CO)OC(CO)C(O)C1O. The fourth-order valence-electron chi connectivity index (χ4n) is 4.89. The molecule has 2 aliphatic heterocycles.